The minimum atomic E-state index is -1.13. The van der Waals surface area contributed by atoms with Crippen LogP contribution in [0.1, 0.15) is 5.56 Å². The molecule has 0 heterocycles. The topological polar surface area (TPSA) is 87.0 Å². The molecule has 1 aromatic rings. The molecule has 1 aromatic carbocycles. The summed E-state index contributed by atoms with van der Waals surface area (Å²) >= 11 is 0. The third kappa shape index (κ3) is 2.41. The zero-order chi connectivity index (χ0) is 10.6. The maximum atomic E-state index is 10.2. The van der Waals surface area contributed by atoms with Crippen LogP contribution in [0.15, 0.2) is 29.5 Å². The number of hydrogen-bond acceptors (Lipinski definition) is 4. The van der Waals surface area contributed by atoms with Crippen LogP contribution in [0.3, 0.4) is 0 Å². The van der Waals surface area contributed by atoms with Gasteiger partial charge in [-0.25, -0.2) is 4.79 Å². The van der Waals surface area contributed by atoms with Crippen molar-refractivity contribution in [3.05, 3.63) is 34.7 Å². The molecule has 0 radical (unpaired) electrons. The van der Waals surface area contributed by atoms with Gasteiger partial charge in [-0.3, -0.25) is 0 Å². The van der Waals surface area contributed by atoms with E-state index in [9.17, 15) is 14.8 Å². The monoisotopic (exact) mass is 193 g/mol. The van der Waals surface area contributed by atoms with Crippen LogP contribution in [0.4, 0.5) is 5.69 Å². The second-order valence-electron chi connectivity index (χ2n) is 2.51. The molecule has 0 aromatic heterocycles. The highest BCUT2D eigenvalue weighted by molar-refractivity contribution is 5.86. The van der Waals surface area contributed by atoms with Gasteiger partial charge in [-0.05, 0) is 29.5 Å². The predicted molar refractivity (Wildman–Crippen MR) is 50.2 cm³/mol. The molecule has 0 bridgehead atoms. The third-order valence-electron chi connectivity index (χ3n) is 1.52. The number of benzene rings is 1. The van der Waals surface area contributed by atoms with Crippen molar-refractivity contribution in [3.63, 3.8) is 0 Å². The van der Waals surface area contributed by atoms with E-state index in [1.807, 2.05) is 0 Å². The van der Waals surface area contributed by atoms with E-state index in [-0.39, 0.29) is 17.0 Å². The number of aromatic hydroxyl groups is 1. The first-order chi connectivity index (χ1) is 6.63. The Morgan fingerprint density at radius 3 is 2.71 bits per heavy atom. The molecule has 1 rings (SSSR count). The van der Waals surface area contributed by atoms with E-state index in [0.717, 1.165) is 6.08 Å². The van der Waals surface area contributed by atoms with Gasteiger partial charge >= 0.3 is 5.97 Å². The number of nitroso groups, excluding NO2 is 1. The lowest BCUT2D eigenvalue weighted by Crippen LogP contribution is -1.85. The summed E-state index contributed by atoms with van der Waals surface area (Å²) in [5.74, 6) is -1.23. The molecule has 0 aliphatic heterocycles. The maximum Gasteiger partial charge on any atom is 0.328 e. The molecule has 0 unspecified atom stereocenters. The largest absolute Gasteiger partial charge is 0.507 e. The molecule has 0 atom stereocenters. The second kappa shape index (κ2) is 4.18. The van der Waals surface area contributed by atoms with Crippen LogP contribution >= 0.6 is 0 Å². The van der Waals surface area contributed by atoms with E-state index < -0.39 is 5.97 Å². The van der Waals surface area contributed by atoms with Gasteiger partial charge in [-0.2, -0.15) is 0 Å². The van der Waals surface area contributed by atoms with Crippen molar-refractivity contribution in [2.45, 2.75) is 0 Å². The lowest BCUT2D eigenvalue weighted by atomic mass is 10.1. The number of carbonyl (C=O) groups is 1. The Hall–Kier alpha value is -2.17. The smallest absolute Gasteiger partial charge is 0.328 e. The number of carboxylic acid groups (broad SMARTS) is 1. The SMILES string of the molecule is O=Nc1ccc(O)c(C=CC(=O)O)c1. The van der Waals surface area contributed by atoms with Crippen LogP contribution in [0, 0.1) is 4.91 Å². The van der Waals surface area contributed by atoms with E-state index in [1.165, 1.54) is 24.3 Å². The molecule has 0 saturated heterocycles. The lowest BCUT2D eigenvalue weighted by molar-refractivity contribution is -0.131. The standard InChI is InChI=1S/C9H7NO4/c11-8-3-2-7(10-14)5-6(8)1-4-9(12)13/h1-5,11H,(H,12,13). The van der Waals surface area contributed by atoms with Crippen molar-refractivity contribution in [2.24, 2.45) is 5.18 Å². The van der Waals surface area contributed by atoms with E-state index in [1.54, 1.807) is 0 Å². The first kappa shape index (κ1) is 9.91. The Kier molecular flexibility index (Phi) is 2.96. The van der Waals surface area contributed by atoms with Crippen molar-refractivity contribution in [1.82, 2.24) is 0 Å². The molecule has 5 nitrogen and oxygen atoms in total. The van der Waals surface area contributed by atoms with Crippen LogP contribution in [0.25, 0.3) is 6.08 Å². The fourth-order valence-electron chi connectivity index (χ4n) is 0.893. The summed E-state index contributed by atoms with van der Waals surface area (Å²) in [6.07, 6.45) is 2.05. The highest BCUT2D eigenvalue weighted by Gasteiger charge is 2.00. The molecule has 5 heteroatoms. The first-order valence-electron chi connectivity index (χ1n) is 3.71. The molecule has 0 amide bonds. The van der Waals surface area contributed by atoms with Gasteiger partial charge in [0.25, 0.3) is 0 Å². The Bertz CT molecular complexity index is 398. The number of rotatable bonds is 3. The van der Waals surface area contributed by atoms with Crippen LogP contribution < -0.4 is 0 Å². The average molecular weight is 193 g/mol. The van der Waals surface area contributed by atoms with Crippen molar-refractivity contribution in [3.8, 4) is 5.75 Å². The van der Waals surface area contributed by atoms with Gasteiger partial charge in [0, 0.05) is 11.6 Å². The van der Waals surface area contributed by atoms with Crippen molar-refractivity contribution < 1.29 is 15.0 Å². The van der Waals surface area contributed by atoms with Gasteiger partial charge in [0.05, 0.1) is 0 Å². The van der Waals surface area contributed by atoms with E-state index in [4.69, 9.17) is 5.11 Å². The summed E-state index contributed by atoms with van der Waals surface area (Å²) < 4.78 is 0. The highest BCUT2D eigenvalue weighted by Crippen LogP contribution is 2.24. The maximum absolute atomic E-state index is 10.2. The fraction of sp³-hybridized carbons (Fsp3) is 0. The third-order valence-corrected chi connectivity index (χ3v) is 1.52. The molecular formula is C9H7NO4. The van der Waals surface area contributed by atoms with Gasteiger partial charge in [-0.1, -0.05) is 0 Å². The summed E-state index contributed by atoms with van der Waals surface area (Å²) in [7, 11) is 0. The number of carboxylic acids is 1. The van der Waals surface area contributed by atoms with Crippen LogP contribution in [-0.4, -0.2) is 16.2 Å². The normalized spacial score (nSPS) is 10.3. The van der Waals surface area contributed by atoms with Gasteiger partial charge in [0.15, 0.2) is 0 Å². The Balaban J connectivity index is 3.06. The van der Waals surface area contributed by atoms with Gasteiger partial charge in [-0.15, -0.1) is 4.91 Å². The summed E-state index contributed by atoms with van der Waals surface area (Å²) in [6, 6.07) is 3.90. The average Bonchev–Trinajstić information content (AvgIpc) is 2.16. The Labute approximate surface area is 79.3 Å². The summed E-state index contributed by atoms with van der Waals surface area (Å²) in [5.41, 5.74) is 0.373. The minimum absolute atomic E-state index is 0.102. The minimum Gasteiger partial charge on any atom is -0.507 e. The van der Waals surface area contributed by atoms with E-state index >= 15 is 0 Å². The zero-order valence-electron chi connectivity index (χ0n) is 7.04. The van der Waals surface area contributed by atoms with Crippen molar-refractivity contribution in [1.29, 1.82) is 0 Å². The van der Waals surface area contributed by atoms with Crippen molar-refractivity contribution >= 4 is 17.7 Å². The van der Waals surface area contributed by atoms with E-state index in [2.05, 4.69) is 5.18 Å². The van der Waals surface area contributed by atoms with Crippen molar-refractivity contribution in [2.75, 3.05) is 0 Å². The molecular weight excluding hydrogens is 186 g/mol. The first-order valence-corrected chi connectivity index (χ1v) is 3.71. The summed E-state index contributed by atoms with van der Waals surface area (Å²) in [6.45, 7) is 0. The van der Waals surface area contributed by atoms with Gasteiger partial charge in [0.2, 0.25) is 0 Å². The lowest BCUT2D eigenvalue weighted by Gasteiger charge is -1.97. The quantitative estimate of drug-likeness (QED) is 0.566. The number of aliphatic carboxylic acids is 1. The number of phenolic OH excluding ortho intramolecular Hbond substituents is 1. The highest BCUT2D eigenvalue weighted by atomic mass is 16.4. The summed E-state index contributed by atoms with van der Waals surface area (Å²) in [4.78, 5) is 20.3. The van der Waals surface area contributed by atoms with E-state index in [0.29, 0.717) is 0 Å². The molecule has 0 spiro atoms. The fourth-order valence-corrected chi connectivity index (χ4v) is 0.893. The second-order valence-corrected chi connectivity index (χ2v) is 2.51. The number of phenols is 1. The molecule has 0 aliphatic rings. The van der Waals surface area contributed by atoms with Gasteiger partial charge < -0.3 is 10.2 Å². The van der Waals surface area contributed by atoms with Crippen LogP contribution in [-0.2, 0) is 4.79 Å². The Morgan fingerprint density at radius 1 is 1.43 bits per heavy atom. The van der Waals surface area contributed by atoms with Crippen LogP contribution in [0.5, 0.6) is 5.75 Å². The molecule has 0 aliphatic carbocycles. The molecule has 0 fully saturated rings. The predicted octanol–water partition coefficient (Wildman–Crippen LogP) is 1.89. The van der Waals surface area contributed by atoms with Gasteiger partial charge in [0.1, 0.15) is 11.4 Å². The molecule has 14 heavy (non-hydrogen) atoms. The molecule has 0 saturated carbocycles. The number of nitrogens with zero attached hydrogens (tertiary/aromatic N) is 1. The van der Waals surface area contributed by atoms with Crippen LogP contribution in [0.2, 0.25) is 0 Å². The molecule has 2 N–H and O–H groups in total. The Morgan fingerprint density at radius 2 is 2.14 bits per heavy atom. The zero-order valence-corrected chi connectivity index (χ0v) is 7.04. The number of hydrogen-bond donors (Lipinski definition) is 2. The molecule has 72 valence electrons. The summed E-state index contributed by atoms with van der Waals surface area (Å²) in [5, 5.41) is 20.3.